The number of thiazole rings is 1. The Bertz CT molecular complexity index is 629. The molecule has 1 aromatic heterocycles. The minimum atomic E-state index is -0.455. The molecule has 1 unspecified atom stereocenters. The van der Waals surface area contributed by atoms with E-state index in [4.69, 9.17) is 5.73 Å². The van der Waals surface area contributed by atoms with E-state index in [2.05, 4.69) is 15.6 Å². The molecule has 0 radical (unpaired) electrons. The van der Waals surface area contributed by atoms with Gasteiger partial charge in [0.2, 0.25) is 0 Å². The Hall–Kier alpha value is -2.15. The SMILES string of the molecule is CNc1nc(N)c(C(=O)NC(C)c2ccccc2F)s1. The predicted octanol–water partition coefficient (Wildman–Crippen LogP) is 2.40. The molecule has 20 heavy (non-hydrogen) atoms. The number of halogens is 1. The van der Waals surface area contributed by atoms with Crippen LogP contribution < -0.4 is 16.4 Å². The molecule has 0 aliphatic carbocycles. The van der Waals surface area contributed by atoms with Crippen molar-refractivity contribution in [2.45, 2.75) is 13.0 Å². The molecule has 0 aliphatic heterocycles. The molecule has 1 heterocycles. The summed E-state index contributed by atoms with van der Waals surface area (Å²) in [5.74, 6) is -0.552. The topological polar surface area (TPSA) is 80.0 Å². The molecule has 2 rings (SSSR count). The monoisotopic (exact) mass is 294 g/mol. The molecule has 0 aliphatic rings. The fourth-order valence-electron chi connectivity index (χ4n) is 1.77. The van der Waals surface area contributed by atoms with Crippen molar-refractivity contribution < 1.29 is 9.18 Å². The van der Waals surface area contributed by atoms with Crippen molar-refractivity contribution in [1.82, 2.24) is 10.3 Å². The standard InChI is InChI=1S/C13H15FN4OS/c1-7(8-5-3-4-6-9(8)14)17-12(19)10-11(15)18-13(16-2)20-10/h3-7H,15H2,1-2H3,(H,16,18)(H,17,19). The lowest BCUT2D eigenvalue weighted by Gasteiger charge is -2.14. The van der Waals surface area contributed by atoms with Gasteiger partial charge in [0.1, 0.15) is 16.5 Å². The lowest BCUT2D eigenvalue weighted by atomic mass is 10.1. The van der Waals surface area contributed by atoms with Gasteiger partial charge in [-0.05, 0) is 13.0 Å². The summed E-state index contributed by atoms with van der Waals surface area (Å²) < 4.78 is 13.6. The van der Waals surface area contributed by atoms with Gasteiger partial charge in [-0.15, -0.1) is 0 Å². The highest BCUT2D eigenvalue weighted by molar-refractivity contribution is 7.18. The highest BCUT2D eigenvalue weighted by atomic mass is 32.1. The number of nitrogens with zero attached hydrogens (tertiary/aromatic N) is 1. The van der Waals surface area contributed by atoms with Crippen LogP contribution in [0.3, 0.4) is 0 Å². The van der Waals surface area contributed by atoms with Gasteiger partial charge >= 0.3 is 0 Å². The maximum Gasteiger partial charge on any atom is 0.265 e. The molecular weight excluding hydrogens is 279 g/mol. The third kappa shape index (κ3) is 2.88. The van der Waals surface area contributed by atoms with E-state index in [0.29, 0.717) is 15.6 Å². The van der Waals surface area contributed by atoms with E-state index in [1.54, 1.807) is 32.2 Å². The number of hydrogen-bond acceptors (Lipinski definition) is 5. The van der Waals surface area contributed by atoms with Crippen LogP contribution in [-0.2, 0) is 0 Å². The molecule has 4 N–H and O–H groups in total. The maximum absolute atomic E-state index is 13.6. The van der Waals surface area contributed by atoms with Gasteiger partial charge in [0.15, 0.2) is 5.13 Å². The van der Waals surface area contributed by atoms with Crippen LogP contribution in [0.4, 0.5) is 15.3 Å². The zero-order valence-corrected chi connectivity index (χ0v) is 11.9. The third-order valence-electron chi connectivity index (χ3n) is 2.79. The number of nitrogen functional groups attached to an aromatic ring is 1. The number of carbonyl (C=O) groups excluding carboxylic acids is 1. The molecule has 106 valence electrons. The normalized spacial score (nSPS) is 11.9. The van der Waals surface area contributed by atoms with Gasteiger partial charge in [-0.3, -0.25) is 4.79 Å². The van der Waals surface area contributed by atoms with E-state index < -0.39 is 6.04 Å². The zero-order chi connectivity index (χ0) is 14.7. The number of amides is 1. The van der Waals surface area contributed by atoms with E-state index in [-0.39, 0.29) is 17.5 Å². The Morgan fingerprint density at radius 3 is 2.75 bits per heavy atom. The zero-order valence-electron chi connectivity index (χ0n) is 11.1. The van der Waals surface area contributed by atoms with Crippen molar-refractivity contribution >= 4 is 28.2 Å². The molecule has 1 atom stereocenters. The quantitative estimate of drug-likeness (QED) is 0.809. The number of nitrogens with one attached hydrogen (secondary N) is 2. The Morgan fingerprint density at radius 1 is 1.45 bits per heavy atom. The summed E-state index contributed by atoms with van der Waals surface area (Å²) in [5.41, 5.74) is 6.12. The summed E-state index contributed by atoms with van der Waals surface area (Å²) in [6.45, 7) is 1.71. The average Bonchev–Trinajstić information content (AvgIpc) is 2.80. The maximum atomic E-state index is 13.6. The molecule has 0 spiro atoms. The molecular formula is C13H15FN4OS. The van der Waals surface area contributed by atoms with Crippen LogP contribution in [0.5, 0.6) is 0 Å². The minimum Gasteiger partial charge on any atom is -0.382 e. The summed E-state index contributed by atoms with van der Waals surface area (Å²) in [6, 6.07) is 5.87. The van der Waals surface area contributed by atoms with Crippen molar-refractivity contribution in [2.24, 2.45) is 0 Å². The number of hydrogen-bond donors (Lipinski definition) is 3. The molecule has 1 aromatic carbocycles. The minimum absolute atomic E-state index is 0.164. The van der Waals surface area contributed by atoms with E-state index in [9.17, 15) is 9.18 Å². The van der Waals surface area contributed by atoms with Crippen molar-refractivity contribution in [2.75, 3.05) is 18.1 Å². The Morgan fingerprint density at radius 2 is 2.15 bits per heavy atom. The second-order valence-corrected chi connectivity index (χ2v) is 5.20. The summed E-state index contributed by atoms with van der Waals surface area (Å²) in [7, 11) is 1.70. The molecule has 0 fully saturated rings. The van der Waals surface area contributed by atoms with Crippen LogP contribution in [0.1, 0.15) is 28.2 Å². The van der Waals surface area contributed by atoms with Crippen molar-refractivity contribution in [3.8, 4) is 0 Å². The predicted molar refractivity (Wildman–Crippen MR) is 78.4 cm³/mol. The molecule has 1 amide bonds. The first-order valence-corrected chi connectivity index (χ1v) is 6.84. The first kappa shape index (κ1) is 14.3. The molecule has 0 saturated heterocycles. The number of rotatable bonds is 4. The largest absolute Gasteiger partial charge is 0.382 e. The Labute approximate surface area is 120 Å². The van der Waals surface area contributed by atoms with Crippen LogP contribution in [0, 0.1) is 5.82 Å². The smallest absolute Gasteiger partial charge is 0.265 e. The second kappa shape index (κ2) is 5.87. The van der Waals surface area contributed by atoms with Crippen LogP contribution in [0.25, 0.3) is 0 Å². The third-order valence-corrected chi connectivity index (χ3v) is 3.88. The first-order chi connectivity index (χ1) is 9.52. The molecule has 7 heteroatoms. The van der Waals surface area contributed by atoms with Gasteiger partial charge < -0.3 is 16.4 Å². The highest BCUT2D eigenvalue weighted by Crippen LogP contribution is 2.25. The summed E-state index contributed by atoms with van der Waals surface area (Å²) in [5, 5.41) is 6.10. The van der Waals surface area contributed by atoms with Gasteiger partial charge in [-0.2, -0.15) is 0 Å². The van der Waals surface area contributed by atoms with E-state index in [0.717, 1.165) is 11.3 Å². The van der Waals surface area contributed by atoms with Crippen molar-refractivity contribution in [1.29, 1.82) is 0 Å². The van der Waals surface area contributed by atoms with Crippen LogP contribution in [-0.4, -0.2) is 17.9 Å². The number of benzene rings is 1. The molecule has 2 aromatic rings. The number of aromatic nitrogens is 1. The Kier molecular flexibility index (Phi) is 4.19. The van der Waals surface area contributed by atoms with Crippen LogP contribution in [0.15, 0.2) is 24.3 Å². The van der Waals surface area contributed by atoms with Gasteiger partial charge in [0.25, 0.3) is 5.91 Å². The van der Waals surface area contributed by atoms with Gasteiger partial charge in [-0.25, -0.2) is 9.37 Å². The van der Waals surface area contributed by atoms with Crippen molar-refractivity contribution in [3.63, 3.8) is 0 Å². The van der Waals surface area contributed by atoms with Crippen LogP contribution >= 0.6 is 11.3 Å². The lowest BCUT2D eigenvalue weighted by molar-refractivity contribution is 0.0944. The summed E-state index contributed by atoms with van der Waals surface area (Å²) in [4.78, 5) is 16.4. The molecule has 0 bridgehead atoms. The fourth-order valence-corrected chi connectivity index (χ4v) is 2.51. The number of carbonyl (C=O) groups is 1. The summed E-state index contributed by atoms with van der Waals surface area (Å²) >= 11 is 1.16. The second-order valence-electron chi connectivity index (χ2n) is 4.20. The molecule has 5 nitrogen and oxygen atoms in total. The van der Waals surface area contributed by atoms with Crippen molar-refractivity contribution in [3.05, 3.63) is 40.5 Å². The number of nitrogens with two attached hydrogens (primary N) is 1. The highest BCUT2D eigenvalue weighted by Gasteiger charge is 2.19. The fraction of sp³-hybridized carbons (Fsp3) is 0.231. The molecule has 0 saturated carbocycles. The Balaban J connectivity index is 2.15. The summed E-state index contributed by atoms with van der Waals surface area (Å²) in [6.07, 6.45) is 0. The average molecular weight is 294 g/mol. The first-order valence-electron chi connectivity index (χ1n) is 6.02. The van der Waals surface area contributed by atoms with E-state index >= 15 is 0 Å². The van der Waals surface area contributed by atoms with E-state index in [1.807, 2.05) is 0 Å². The van der Waals surface area contributed by atoms with E-state index in [1.165, 1.54) is 6.07 Å². The van der Waals surface area contributed by atoms with Gasteiger partial charge in [0, 0.05) is 12.6 Å². The lowest BCUT2D eigenvalue weighted by Crippen LogP contribution is -2.27. The van der Waals surface area contributed by atoms with Crippen LogP contribution in [0.2, 0.25) is 0 Å². The van der Waals surface area contributed by atoms with Gasteiger partial charge in [-0.1, -0.05) is 29.5 Å². The number of anilines is 2. The van der Waals surface area contributed by atoms with Gasteiger partial charge in [0.05, 0.1) is 6.04 Å².